The molecule has 0 heteroatoms. The molecule has 0 heterocycles. The quantitative estimate of drug-likeness (QED) is 0.223. The van der Waals surface area contributed by atoms with Crippen LogP contribution in [0.4, 0.5) is 0 Å². The summed E-state index contributed by atoms with van der Waals surface area (Å²) in [6.07, 6.45) is 8.20. The van der Waals surface area contributed by atoms with Crippen molar-refractivity contribution in [3.05, 3.63) is 157 Å². The Bertz CT molecular complexity index is 1860. The average molecular weight is 521 g/mol. The van der Waals surface area contributed by atoms with Gasteiger partial charge in [0, 0.05) is 0 Å². The van der Waals surface area contributed by atoms with Gasteiger partial charge in [-0.15, -0.1) is 0 Å². The minimum atomic E-state index is -0.0556. The van der Waals surface area contributed by atoms with Gasteiger partial charge in [-0.3, -0.25) is 0 Å². The van der Waals surface area contributed by atoms with Gasteiger partial charge in [-0.1, -0.05) is 138 Å². The van der Waals surface area contributed by atoms with Gasteiger partial charge in [0.25, 0.3) is 0 Å². The first-order valence-corrected chi connectivity index (χ1v) is 14.6. The molecule has 0 nitrogen and oxygen atoms in total. The average Bonchev–Trinajstić information content (AvgIpc) is 3.51. The molecule has 0 saturated heterocycles. The smallest absolute Gasteiger partial charge is 0.00295 e. The molecule has 0 N–H and O–H groups in total. The molecule has 200 valence electrons. The maximum Gasteiger partial charge on any atom is -0.00295 e. The predicted molar refractivity (Wildman–Crippen MR) is 172 cm³/mol. The molecular weight excluding hydrogens is 480 g/mol. The van der Waals surface area contributed by atoms with E-state index in [0.717, 1.165) is 6.42 Å². The Kier molecular flexibility index (Phi) is 6.34. The predicted octanol–water partition coefficient (Wildman–Crippen LogP) is 8.69. The fraction of sp³-hybridized carbons (Fsp3) is 0.250. The summed E-state index contributed by atoms with van der Waals surface area (Å²) in [4.78, 5) is 0. The topological polar surface area (TPSA) is 0 Å². The van der Waals surface area contributed by atoms with Crippen molar-refractivity contribution in [1.82, 2.24) is 0 Å². The molecular formula is C40H40. The van der Waals surface area contributed by atoms with E-state index in [2.05, 4.69) is 152 Å². The van der Waals surface area contributed by atoms with E-state index in [9.17, 15) is 0 Å². The van der Waals surface area contributed by atoms with Crippen LogP contribution in [0.25, 0.3) is 17.2 Å². The van der Waals surface area contributed by atoms with Crippen LogP contribution in [0.3, 0.4) is 0 Å². The van der Waals surface area contributed by atoms with Crippen LogP contribution < -0.4 is 10.4 Å². The van der Waals surface area contributed by atoms with Crippen molar-refractivity contribution in [3.63, 3.8) is 0 Å². The summed E-state index contributed by atoms with van der Waals surface area (Å²) in [6.45, 7) is 16.3. The first-order valence-electron chi connectivity index (χ1n) is 14.6. The first-order chi connectivity index (χ1) is 19.0. The summed E-state index contributed by atoms with van der Waals surface area (Å²) in [5.41, 5.74) is 12.2. The highest BCUT2D eigenvalue weighted by atomic mass is 14.3. The normalized spacial score (nSPS) is 14.3. The zero-order valence-electron chi connectivity index (χ0n) is 25.0. The van der Waals surface area contributed by atoms with Crippen molar-refractivity contribution in [2.45, 2.75) is 65.7 Å². The lowest BCUT2D eigenvalue weighted by Gasteiger charge is -2.26. The molecule has 0 radical (unpaired) electrons. The van der Waals surface area contributed by atoms with Crippen LogP contribution in [-0.2, 0) is 10.8 Å². The van der Waals surface area contributed by atoms with Gasteiger partial charge in [0.2, 0.25) is 0 Å². The van der Waals surface area contributed by atoms with Crippen molar-refractivity contribution >= 4 is 17.2 Å². The van der Waals surface area contributed by atoms with Crippen molar-refractivity contribution in [3.8, 4) is 0 Å². The molecule has 0 atom stereocenters. The van der Waals surface area contributed by atoms with E-state index in [1.54, 1.807) is 0 Å². The van der Waals surface area contributed by atoms with E-state index in [4.69, 9.17) is 0 Å². The van der Waals surface area contributed by atoms with Gasteiger partial charge in [0.1, 0.15) is 0 Å². The molecule has 4 aromatic rings. The Hall–Kier alpha value is -3.90. The second-order valence-electron chi connectivity index (χ2n) is 13.5. The second kappa shape index (κ2) is 9.63. The second-order valence-corrected chi connectivity index (χ2v) is 13.5. The third kappa shape index (κ3) is 4.60. The van der Waals surface area contributed by atoms with Crippen molar-refractivity contribution < 1.29 is 0 Å². The van der Waals surface area contributed by atoms with Gasteiger partial charge in [0.05, 0.1) is 0 Å². The summed E-state index contributed by atoms with van der Waals surface area (Å²) in [6, 6.07) is 31.6. The Balaban J connectivity index is 1.90. The summed E-state index contributed by atoms with van der Waals surface area (Å²) >= 11 is 0. The number of allylic oxidation sites excluding steroid dienone is 4. The Morgan fingerprint density at radius 2 is 1.27 bits per heavy atom. The maximum absolute atomic E-state index is 2.52. The molecule has 40 heavy (non-hydrogen) atoms. The molecule has 6 rings (SSSR count). The molecule has 0 aromatic heterocycles. The van der Waals surface area contributed by atoms with Crippen LogP contribution in [0, 0.1) is 10.4 Å². The largest absolute Gasteiger partial charge is 0.0772 e. The Morgan fingerprint density at radius 3 is 1.80 bits per heavy atom. The zero-order chi connectivity index (χ0) is 28.2. The molecule has 0 bridgehead atoms. The molecule has 2 aliphatic rings. The van der Waals surface area contributed by atoms with Crippen molar-refractivity contribution in [2.24, 2.45) is 0 Å². The number of rotatable bonds is 3. The third-order valence-corrected chi connectivity index (χ3v) is 8.43. The highest BCUT2D eigenvalue weighted by Crippen LogP contribution is 2.35. The molecule has 0 spiro atoms. The summed E-state index contributed by atoms with van der Waals surface area (Å²) in [5.74, 6) is 0. The fourth-order valence-electron chi connectivity index (χ4n) is 6.30. The highest BCUT2D eigenvalue weighted by molar-refractivity contribution is 5.88. The minimum Gasteiger partial charge on any atom is -0.0772 e. The van der Waals surface area contributed by atoms with E-state index >= 15 is 0 Å². The number of hydrogen-bond acceptors (Lipinski definition) is 0. The maximum atomic E-state index is 2.52. The Morgan fingerprint density at radius 1 is 0.650 bits per heavy atom. The van der Waals surface area contributed by atoms with Crippen LogP contribution in [0.2, 0.25) is 0 Å². The van der Waals surface area contributed by atoms with Crippen molar-refractivity contribution in [1.29, 1.82) is 0 Å². The van der Waals surface area contributed by atoms with Crippen molar-refractivity contribution in [2.75, 3.05) is 0 Å². The van der Waals surface area contributed by atoms with E-state index in [0.29, 0.717) is 0 Å². The van der Waals surface area contributed by atoms with E-state index in [1.165, 1.54) is 71.0 Å². The molecule has 0 saturated carbocycles. The van der Waals surface area contributed by atoms with Gasteiger partial charge in [-0.05, 0) is 102 Å². The standard InChI is InChI=1S/C40H40/c1-26-18-19-30(22-26)37-34-23-29-20-21-31(39(2,3)4)24-32(29)33(34)25-35(40(5,6)7)38(37)36(27-14-10-8-11-15-27)28-16-12-9-13-17-28/h8-18,20-25H,19H2,1-7H3. The molecule has 4 aromatic carbocycles. The third-order valence-electron chi connectivity index (χ3n) is 8.43. The molecule has 0 aliphatic heterocycles. The molecule has 0 amide bonds. The summed E-state index contributed by atoms with van der Waals surface area (Å²) in [5, 5.41) is 5.43. The zero-order valence-corrected chi connectivity index (χ0v) is 25.0. The van der Waals surface area contributed by atoms with Gasteiger partial charge < -0.3 is 0 Å². The SMILES string of the molecule is CC1=CCC(c2c3c(cc(C(C)(C)C)c2=C(c2ccccc2)c2ccccc2)=c2cc(C(C)(C)C)ccc2=C3)=C1. The van der Waals surface area contributed by atoms with Crippen LogP contribution >= 0.6 is 0 Å². The number of benzene rings is 4. The molecule has 0 unspecified atom stereocenters. The van der Waals surface area contributed by atoms with E-state index in [-0.39, 0.29) is 10.8 Å². The monoisotopic (exact) mass is 520 g/mol. The highest BCUT2D eigenvalue weighted by Gasteiger charge is 2.26. The van der Waals surface area contributed by atoms with Crippen LogP contribution in [0.15, 0.2) is 103 Å². The lowest BCUT2D eigenvalue weighted by Crippen LogP contribution is -2.29. The summed E-state index contributed by atoms with van der Waals surface area (Å²) < 4.78 is 0. The summed E-state index contributed by atoms with van der Waals surface area (Å²) in [7, 11) is 0. The van der Waals surface area contributed by atoms with Gasteiger partial charge >= 0.3 is 0 Å². The minimum absolute atomic E-state index is 0.0556. The van der Waals surface area contributed by atoms with Gasteiger partial charge in [-0.2, -0.15) is 0 Å². The lowest BCUT2D eigenvalue weighted by molar-refractivity contribution is 0.584. The van der Waals surface area contributed by atoms with Gasteiger partial charge in [-0.25, -0.2) is 0 Å². The molecule has 2 aliphatic carbocycles. The Labute approximate surface area is 239 Å². The van der Waals surface area contributed by atoms with E-state index < -0.39 is 0 Å². The first kappa shape index (κ1) is 26.3. The number of fused-ring (bicyclic) bond motifs is 2. The van der Waals surface area contributed by atoms with Crippen LogP contribution in [0.5, 0.6) is 0 Å². The van der Waals surface area contributed by atoms with E-state index in [1.807, 2.05) is 0 Å². The van der Waals surface area contributed by atoms with Crippen LogP contribution in [-0.4, -0.2) is 0 Å². The molecule has 0 fully saturated rings. The lowest BCUT2D eigenvalue weighted by atomic mass is 9.78. The van der Waals surface area contributed by atoms with Crippen LogP contribution in [0.1, 0.15) is 88.3 Å². The van der Waals surface area contributed by atoms with Gasteiger partial charge in [0.15, 0.2) is 0 Å². The fourth-order valence-corrected chi connectivity index (χ4v) is 6.30. The number of hydrogen-bond donors (Lipinski definition) is 0.